The summed E-state index contributed by atoms with van der Waals surface area (Å²) < 4.78 is 5.35. The maximum atomic E-state index is 12.1. The summed E-state index contributed by atoms with van der Waals surface area (Å²) in [5.74, 6) is -0.423. The molecule has 0 fully saturated rings. The molecule has 0 unspecified atom stereocenters. The van der Waals surface area contributed by atoms with Crippen molar-refractivity contribution in [1.29, 1.82) is 0 Å². The van der Waals surface area contributed by atoms with E-state index in [2.05, 4.69) is 26.4 Å². The highest BCUT2D eigenvalue weighted by atomic mass is 79.9. The quantitative estimate of drug-likeness (QED) is 0.347. The van der Waals surface area contributed by atoms with E-state index in [9.17, 15) is 4.79 Å². The van der Waals surface area contributed by atoms with E-state index < -0.39 is 0 Å². The van der Waals surface area contributed by atoms with Gasteiger partial charge in [0.05, 0.1) is 17.5 Å². The fourth-order valence-electron chi connectivity index (χ4n) is 1.81. The van der Waals surface area contributed by atoms with Crippen molar-refractivity contribution in [1.82, 2.24) is 0 Å². The Hall–Kier alpha value is -2.28. The van der Waals surface area contributed by atoms with Crippen LogP contribution in [-0.2, 0) is 0 Å². The van der Waals surface area contributed by atoms with Crippen molar-refractivity contribution in [3.8, 4) is 0 Å². The molecule has 0 aliphatic rings. The smallest absolute Gasteiger partial charge is 0.260 e. The number of amidine groups is 1. The molecule has 20 heavy (non-hydrogen) atoms. The summed E-state index contributed by atoms with van der Waals surface area (Å²) in [6.07, 6.45) is 1.40. The van der Waals surface area contributed by atoms with Crippen LogP contribution in [0.1, 0.15) is 21.5 Å². The lowest BCUT2D eigenvalue weighted by atomic mass is 10.1. The summed E-state index contributed by atoms with van der Waals surface area (Å²) in [6.45, 7) is 1.80. The van der Waals surface area contributed by atoms with E-state index in [1.165, 1.54) is 6.26 Å². The van der Waals surface area contributed by atoms with E-state index in [4.69, 9.17) is 15.4 Å². The molecule has 2 aromatic rings. The summed E-state index contributed by atoms with van der Waals surface area (Å²) in [4.78, 5) is 12.1. The fraction of sp³-hybridized carbons (Fsp3) is 0.0769. The number of carbonyl (C=O) groups is 1. The van der Waals surface area contributed by atoms with Crippen molar-refractivity contribution >= 4 is 33.4 Å². The largest absolute Gasteiger partial charge is 0.457 e. The summed E-state index contributed by atoms with van der Waals surface area (Å²) in [5.41, 5.74) is 7.71. The number of carbonyl (C=O) groups excluding carboxylic acids is 1. The molecule has 1 heterocycles. The molecule has 0 aliphatic carbocycles. The van der Waals surface area contributed by atoms with Crippen molar-refractivity contribution in [2.45, 2.75) is 6.92 Å². The van der Waals surface area contributed by atoms with Gasteiger partial charge in [-0.1, -0.05) is 17.3 Å². The first-order valence-electron chi connectivity index (χ1n) is 5.66. The average molecular weight is 338 g/mol. The average Bonchev–Trinajstić information content (AvgIpc) is 2.84. The van der Waals surface area contributed by atoms with E-state index in [0.717, 1.165) is 5.56 Å². The Morgan fingerprint density at radius 2 is 2.20 bits per heavy atom. The molecule has 0 aliphatic heterocycles. The highest BCUT2D eigenvalue weighted by molar-refractivity contribution is 9.10. The van der Waals surface area contributed by atoms with Gasteiger partial charge in [0.25, 0.3) is 5.91 Å². The maximum Gasteiger partial charge on any atom is 0.260 e. The summed E-state index contributed by atoms with van der Waals surface area (Å²) in [6, 6.07) is 6.78. The van der Waals surface area contributed by atoms with Crippen LogP contribution in [0.5, 0.6) is 0 Å². The molecule has 7 heteroatoms. The molecule has 1 aromatic heterocycles. The SMILES string of the molecule is Cc1cccc(NC(=O)c2ccoc2Br)c1/C(N)=N/O. The first kappa shape index (κ1) is 14.1. The van der Waals surface area contributed by atoms with E-state index >= 15 is 0 Å². The van der Waals surface area contributed by atoms with Crippen LogP contribution in [0, 0.1) is 6.92 Å². The van der Waals surface area contributed by atoms with Gasteiger partial charge in [0.2, 0.25) is 0 Å². The highest BCUT2D eigenvalue weighted by Gasteiger charge is 2.16. The van der Waals surface area contributed by atoms with Crippen molar-refractivity contribution in [2.75, 3.05) is 5.32 Å². The first-order valence-corrected chi connectivity index (χ1v) is 6.45. The van der Waals surface area contributed by atoms with Gasteiger partial charge in [-0.15, -0.1) is 0 Å². The van der Waals surface area contributed by atoms with Crippen molar-refractivity contribution in [3.63, 3.8) is 0 Å². The molecular formula is C13H12BrN3O3. The third-order valence-corrected chi connectivity index (χ3v) is 3.36. The van der Waals surface area contributed by atoms with Gasteiger partial charge in [0.15, 0.2) is 10.5 Å². The number of halogens is 1. The van der Waals surface area contributed by atoms with E-state index in [1.807, 2.05) is 0 Å². The lowest BCUT2D eigenvalue weighted by Crippen LogP contribution is -2.20. The zero-order chi connectivity index (χ0) is 14.7. The van der Waals surface area contributed by atoms with Gasteiger partial charge in [0, 0.05) is 5.56 Å². The van der Waals surface area contributed by atoms with Crippen LogP contribution < -0.4 is 11.1 Å². The van der Waals surface area contributed by atoms with E-state index in [1.54, 1.807) is 31.2 Å². The lowest BCUT2D eigenvalue weighted by molar-refractivity contribution is 0.102. The number of anilines is 1. The fourth-order valence-corrected chi connectivity index (χ4v) is 2.23. The molecule has 104 valence electrons. The minimum atomic E-state index is -0.358. The molecule has 4 N–H and O–H groups in total. The van der Waals surface area contributed by atoms with Crippen LogP contribution in [0.25, 0.3) is 0 Å². The van der Waals surface area contributed by atoms with Crippen LogP contribution in [-0.4, -0.2) is 17.0 Å². The van der Waals surface area contributed by atoms with Crippen molar-refractivity contribution in [2.24, 2.45) is 10.9 Å². The number of nitrogens with one attached hydrogen (secondary N) is 1. The van der Waals surface area contributed by atoms with Gasteiger partial charge in [0.1, 0.15) is 0 Å². The summed E-state index contributed by atoms with van der Waals surface area (Å²) in [5, 5.41) is 14.5. The van der Waals surface area contributed by atoms with Gasteiger partial charge in [-0.25, -0.2) is 0 Å². The molecule has 0 radical (unpaired) electrons. The molecule has 0 saturated carbocycles. The molecule has 0 saturated heterocycles. The van der Waals surface area contributed by atoms with Crippen LogP contribution in [0.2, 0.25) is 0 Å². The molecule has 0 spiro atoms. The van der Waals surface area contributed by atoms with Crippen molar-refractivity contribution < 1.29 is 14.4 Å². The summed E-state index contributed by atoms with van der Waals surface area (Å²) >= 11 is 3.14. The van der Waals surface area contributed by atoms with E-state index in [-0.39, 0.29) is 11.7 Å². The second kappa shape index (κ2) is 5.79. The highest BCUT2D eigenvalue weighted by Crippen LogP contribution is 2.23. The Morgan fingerprint density at radius 1 is 1.45 bits per heavy atom. The predicted molar refractivity (Wildman–Crippen MR) is 78.1 cm³/mol. The number of rotatable bonds is 3. The maximum absolute atomic E-state index is 12.1. The number of oxime groups is 1. The number of aryl methyl sites for hydroxylation is 1. The number of furan rings is 1. The van der Waals surface area contributed by atoms with Crippen molar-refractivity contribution in [3.05, 3.63) is 51.9 Å². The molecule has 2 rings (SSSR count). The van der Waals surface area contributed by atoms with Crippen LogP contribution in [0.4, 0.5) is 5.69 Å². The standard InChI is InChI=1S/C13H12BrN3O3/c1-7-3-2-4-9(10(7)12(15)17-19)16-13(18)8-5-6-20-11(8)14/h2-6,19H,1H3,(H2,15,17)(H,16,18). The number of hydrogen-bond acceptors (Lipinski definition) is 4. The minimum absolute atomic E-state index is 0.0651. The van der Waals surface area contributed by atoms with Crippen LogP contribution >= 0.6 is 15.9 Å². The first-order chi connectivity index (χ1) is 9.54. The van der Waals surface area contributed by atoms with Gasteiger partial charge in [-0.2, -0.15) is 0 Å². The Morgan fingerprint density at radius 3 is 2.80 bits per heavy atom. The topological polar surface area (TPSA) is 101 Å². The number of nitrogens with zero attached hydrogens (tertiary/aromatic N) is 1. The van der Waals surface area contributed by atoms with Gasteiger partial charge >= 0.3 is 0 Å². The summed E-state index contributed by atoms with van der Waals surface area (Å²) in [7, 11) is 0. The van der Waals surface area contributed by atoms with Gasteiger partial charge in [-0.05, 0) is 40.5 Å². The number of amides is 1. The van der Waals surface area contributed by atoms with Gasteiger partial charge < -0.3 is 20.7 Å². The Bertz CT molecular complexity index is 679. The number of benzene rings is 1. The van der Waals surface area contributed by atoms with Gasteiger partial charge in [-0.3, -0.25) is 4.79 Å². The normalized spacial score (nSPS) is 11.4. The number of nitrogens with two attached hydrogens (primary N) is 1. The second-order valence-electron chi connectivity index (χ2n) is 4.04. The molecular weight excluding hydrogens is 326 g/mol. The molecule has 0 bridgehead atoms. The predicted octanol–water partition coefficient (Wildman–Crippen LogP) is 2.70. The third-order valence-electron chi connectivity index (χ3n) is 2.75. The zero-order valence-electron chi connectivity index (χ0n) is 10.6. The Balaban J connectivity index is 2.38. The van der Waals surface area contributed by atoms with Crippen LogP contribution in [0.15, 0.2) is 44.8 Å². The molecule has 6 nitrogen and oxygen atoms in total. The zero-order valence-corrected chi connectivity index (χ0v) is 12.1. The van der Waals surface area contributed by atoms with Crippen LogP contribution in [0.3, 0.4) is 0 Å². The Kier molecular flexibility index (Phi) is 4.09. The minimum Gasteiger partial charge on any atom is -0.457 e. The third kappa shape index (κ3) is 2.67. The second-order valence-corrected chi connectivity index (χ2v) is 4.77. The molecule has 1 amide bonds. The number of hydrogen-bond donors (Lipinski definition) is 3. The lowest BCUT2D eigenvalue weighted by Gasteiger charge is -2.12. The Labute approximate surface area is 123 Å². The molecule has 1 aromatic carbocycles. The molecule has 0 atom stereocenters. The monoisotopic (exact) mass is 337 g/mol. The van der Waals surface area contributed by atoms with E-state index in [0.29, 0.717) is 21.5 Å².